The SMILES string of the molecule is C[C@@H](CO)Cc1nccn1CO. The Balaban J connectivity index is 2.61. The van der Waals surface area contributed by atoms with Crippen LogP contribution in [0.5, 0.6) is 0 Å². The number of aliphatic hydroxyl groups excluding tert-OH is 2. The first-order valence-electron chi connectivity index (χ1n) is 3.99. The molecule has 12 heavy (non-hydrogen) atoms. The zero-order valence-corrected chi connectivity index (χ0v) is 7.14. The second kappa shape index (κ2) is 4.23. The number of nitrogens with zero attached hydrogens (tertiary/aromatic N) is 2. The average molecular weight is 170 g/mol. The Hall–Kier alpha value is -0.870. The van der Waals surface area contributed by atoms with Crippen molar-refractivity contribution in [3.8, 4) is 0 Å². The Morgan fingerprint density at radius 3 is 2.92 bits per heavy atom. The van der Waals surface area contributed by atoms with Crippen LogP contribution in [0.25, 0.3) is 0 Å². The minimum absolute atomic E-state index is 0.0481. The maximum Gasteiger partial charge on any atom is 0.120 e. The van der Waals surface area contributed by atoms with Gasteiger partial charge < -0.3 is 14.8 Å². The highest BCUT2D eigenvalue weighted by molar-refractivity contribution is 4.92. The standard InChI is InChI=1S/C8H14N2O2/c1-7(5-11)4-8-9-2-3-10(8)6-12/h2-3,7,11-12H,4-6H2,1H3/t7-/m1/s1. The van der Waals surface area contributed by atoms with Crippen molar-refractivity contribution in [2.24, 2.45) is 5.92 Å². The third-order valence-electron chi connectivity index (χ3n) is 1.80. The van der Waals surface area contributed by atoms with Crippen LogP contribution < -0.4 is 0 Å². The van der Waals surface area contributed by atoms with Crippen molar-refractivity contribution >= 4 is 0 Å². The minimum atomic E-state index is -0.0481. The maximum absolute atomic E-state index is 8.85. The van der Waals surface area contributed by atoms with Crippen molar-refractivity contribution in [1.29, 1.82) is 0 Å². The molecule has 0 saturated heterocycles. The van der Waals surface area contributed by atoms with E-state index in [2.05, 4.69) is 4.98 Å². The molecular formula is C8H14N2O2. The molecule has 0 fully saturated rings. The molecule has 4 heteroatoms. The van der Waals surface area contributed by atoms with Gasteiger partial charge in [-0.1, -0.05) is 6.92 Å². The Morgan fingerprint density at radius 1 is 1.58 bits per heavy atom. The highest BCUT2D eigenvalue weighted by Crippen LogP contribution is 2.05. The summed E-state index contributed by atoms with van der Waals surface area (Å²) in [7, 11) is 0. The van der Waals surface area contributed by atoms with Gasteiger partial charge in [0.25, 0.3) is 0 Å². The summed E-state index contributed by atoms with van der Waals surface area (Å²) in [6, 6.07) is 0. The molecule has 1 aromatic heterocycles. The second-order valence-electron chi connectivity index (χ2n) is 2.95. The Bertz CT molecular complexity index is 235. The lowest BCUT2D eigenvalue weighted by atomic mass is 10.1. The van der Waals surface area contributed by atoms with Crippen molar-refractivity contribution in [2.45, 2.75) is 20.1 Å². The van der Waals surface area contributed by atoms with Gasteiger partial charge in [0.15, 0.2) is 0 Å². The van der Waals surface area contributed by atoms with Crippen LogP contribution in [0.15, 0.2) is 12.4 Å². The lowest BCUT2D eigenvalue weighted by molar-refractivity contribution is 0.199. The van der Waals surface area contributed by atoms with Gasteiger partial charge in [0.05, 0.1) is 0 Å². The van der Waals surface area contributed by atoms with E-state index >= 15 is 0 Å². The van der Waals surface area contributed by atoms with Crippen molar-refractivity contribution in [2.75, 3.05) is 6.61 Å². The van der Waals surface area contributed by atoms with Crippen LogP contribution in [0.1, 0.15) is 12.7 Å². The molecule has 0 aliphatic heterocycles. The van der Waals surface area contributed by atoms with E-state index in [1.54, 1.807) is 17.0 Å². The second-order valence-corrected chi connectivity index (χ2v) is 2.95. The van der Waals surface area contributed by atoms with Gasteiger partial charge in [-0.3, -0.25) is 0 Å². The van der Waals surface area contributed by atoms with E-state index < -0.39 is 0 Å². The molecule has 1 rings (SSSR count). The molecule has 68 valence electrons. The molecule has 2 N–H and O–H groups in total. The summed E-state index contributed by atoms with van der Waals surface area (Å²) in [6.07, 6.45) is 4.07. The van der Waals surface area contributed by atoms with Crippen LogP contribution >= 0.6 is 0 Å². The Kier molecular flexibility index (Phi) is 3.25. The van der Waals surface area contributed by atoms with Gasteiger partial charge >= 0.3 is 0 Å². The molecule has 0 bridgehead atoms. The predicted molar refractivity (Wildman–Crippen MR) is 44.4 cm³/mol. The molecule has 0 saturated carbocycles. The summed E-state index contributed by atoms with van der Waals surface area (Å²) in [5, 5.41) is 17.7. The summed E-state index contributed by atoms with van der Waals surface area (Å²) in [5.74, 6) is 1.01. The summed E-state index contributed by atoms with van der Waals surface area (Å²) < 4.78 is 1.66. The zero-order valence-electron chi connectivity index (χ0n) is 7.14. The summed E-state index contributed by atoms with van der Waals surface area (Å²) in [4.78, 5) is 4.07. The predicted octanol–water partition coefficient (Wildman–Crippen LogP) is 0.00380. The number of rotatable bonds is 4. The molecule has 0 aliphatic carbocycles. The Morgan fingerprint density at radius 2 is 2.33 bits per heavy atom. The first kappa shape index (κ1) is 9.22. The van der Waals surface area contributed by atoms with Crippen molar-refractivity contribution in [3.63, 3.8) is 0 Å². The average Bonchev–Trinajstić information content (AvgIpc) is 2.51. The van der Waals surface area contributed by atoms with E-state index in [0.29, 0.717) is 6.42 Å². The monoisotopic (exact) mass is 170 g/mol. The number of hydrogen-bond donors (Lipinski definition) is 2. The Labute approximate surface area is 71.5 Å². The van der Waals surface area contributed by atoms with E-state index in [4.69, 9.17) is 10.2 Å². The topological polar surface area (TPSA) is 58.3 Å². The van der Waals surface area contributed by atoms with Crippen LogP contribution in [0.3, 0.4) is 0 Å². The minimum Gasteiger partial charge on any atom is -0.396 e. The molecular weight excluding hydrogens is 156 g/mol. The fourth-order valence-electron chi connectivity index (χ4n) is 1.03. The fraction of sp³-hybridized carbons (Fsp3) is 0.625. The van der Waals surface area contributed by atoms with Crippen LogP contribution in [-0.4, -0.2) is 26.4 Å². The largest absolute Gasteiger partial charge is 0.396 e. The molecule has 0 aliphatic rings. The van der Waals surface area contributed by atoms with Gasteiger partial charge in [0, 0.05) is 25.4 Å². The van der Waals surface area contributed by atoms with Crippen molar-refractivity contribution < 1.29 is 10.2 Å². The number of hydrogen-bond acceptors (Lipinski definition) is 3. The first-order valence-corrected chi connectivity index (χ1v) is 3.99. The molecule has 0 amide bonds. The third-order valence-corrected chi connectivity index (χ3v) is 1.80. The van der Waals surface area contributed by atoms with Crippen LogP contribution in [0, 0.1) is 5.92 Å². The number of aromatic nitrogens is 2. The van der Waals surface area contributed by atoms with E-state index in [-0.39, 0.29) is 19.3 Å². The molecule has 0 unspecified atom stereocenters. The summed E-state index contributed by atoms with van der Waals surface area (Å²) in [6.45, 7) is 2.04. The zero-order chi connectivity index (χ0) is 8.97. The third kappa shape index (κ3) is 2.06. The summed E-state index contributed by atoms with van der Waals surface area (Å²) in [5.41, 5.74) is 0. The molecule has 1 atom stereocenters. The molecule has 1 aromatic rings. The smallest absolute Gasteiger partial charge is 0.120 e. The molecule has 0 aromatic carbocycles. The highest BCUT2D eigenvalue weighted by atomic mass is 16.3. The van der Waals surface area contributed by atoms with Gasteiger partial charge in [0.2, 0.25) is 0 Å². The normalized spacial score (nSPS) is 13.2. The first-order chi connectivity index (χ1) is 5.77. The highest BCUT2D eigenvalue weighted by Gasteiger charge is 2.06. The van der Waals surface area contributed by atoms with Crippen LogP contribution in [0.2, 0.25) is 0 Å². The van der Waals surface area contributed by atoms with Gasteiger partial charge in [-0.2, -0.15) is 0 Å². The fourth-order valence-corrected chi connectivity index (χ4v) is 1.03. The van der Waals surface area contributed by atoms with E-state index in [1.807, 2.05) is 6.92 Å². The molecule has 4 nitrogen and oxygen atoms in total. The van der Waals surface area contributed by atoms with Gasteiger partial charge in [-0.15, -0.1) is 0 Å². The van der Waals surface area contributed by atoms with Crippen LogP contribution in [-0.2, 0) is 13.2 Å². The quantitative estimate of drug-likeness (QED) is 0.669. The van der Waals surface area contributed by atoms with E-state index in [0.717, 1.165) is 5.82 Å². The van der Waals surface area contributed by atoms with Gasteiger partial charge in [-0.05, 0) is 5.92 Å². The van der Waals surface area contributed by atoms with E-state index in [1.165, 1.54) is 0 Å². The number of aliphatic hydroxyl groups is 2. The lowest BCUT2D eigenvalue weighted by Crippen LogP contribution is -2.10. The van der Waals surface area contributed by atoms with Crippen LogP contribution in [0.4, 0.5) is 0 Å². The number of imidazole rings is 1. The van der Waals surface area contributed by atoms with Gasteiger partial charge in [0.1, 0.15) is 12.6 Å². The molecule has 0 spiro atoms. The van der Waals surface area contributed by atoms with E-state index in [9.17, 15) is 0 Å². The van der Waals surface area contributed by atoms with Crippen molar-refractivity contribution in [1.82, 2.24) is 9.55 Å². The lowest BCUT2D eigenvalue weighted by Gasteiger charge is -2.07. The van der Waals surface area contributed by atoms with Gasteiger partial charge in [-0.25, -0.2) is 4.98 Å². The summed E-state index contributed by atoms with van der Waals surface area (Å²) >= 11 is 0. The maximum atomic E-state index is 8.85. The molecule has 1 heterocycles. The van der Waals surface area contributed by atoms with Crippen molar-refractivity contribution in [3.05, 3.63) is 18.2 Å². The molecule has 0 radical (unpaired) electrons.